The molecule has 0 aliphatic rings. The van der Waals surface area contributed by atoms with Crippen molar-refractivity contribution in [2.45, 2.75) is 13.0 Å². The molecule has 0 spiro atoms. The molecule has 0 rings (SSSR count). The van der Waals surface area contributed by atoms with Gasteiger partial charge >= 0.3 is 0 Å². The third kappa shape index (κ3) is 5.33. The van der Waals surface area contributed by atoms with E-state index in [4.69, 9.17) is 10.8 Å². The van der Waals surface area contributed by atoms with E-state index in [1.165, 1.54) is 7.11 Å². The van der Waals surface area contributed by atoms with Crippen molar-refractivity contribution in [1.29, 1.82) is 0 Å². The lowest BCUT2D eigenvalue weighted by Crippen LogP contribution is -2.12. The van der Waals surface area contributed by atoms with Crippen LogP contribution in [0.2, 0.25) is 0 Å². The molecule has 0 unspecified atom stereocenters. The van der Waals surface area contributed by atoms with Gasteiger partial charge in [-0.1, -0.05) is 0 Å². The summed E-state index contributed by atoms with van der Waals surface area (Å²) in [5, 5.41) is 8.88. The molecule has 3 heteroatoms. The van der Waals surface area contributed by atoms with E-state index >= 15 is 0 Å². The maximum Gasteiger partial charge on any atom is 0.115 e. The Morgan fingerprint density at radius 3 is 2.78 bits per heavy atom. The van der Waals surface area contributed by atoms with Gasteiger partial charge in [0.05, 0.1) is 0 Å². The van der Waals surface area contributed by atoms with Gasteiger partial charge in [-0.25, -0.2) is 0 Å². The van der Waals surface area contributed by atoms with Crippen molar-refractivity contribution >= 4 is 0 Å². The lowest BCUT2D eigenvalue weighted by atomic mass is 10.3. The molecule has 3 nitrogen and oxygen atoms in total. The van der Waals surface area contributed by atoms with Crippen LogP contribution in [0.25, 0.3) is 0 Å². The zero-order valence-electron chi connectivity index (χ0n) is 5.79. The van der Waals surface area contributed by atoms with Crippen LogP contribution in [0.5, 0.6) is 0 Å². The van der Waals surface area contributed by atoms with Crippen LogP contribution < -0.4 is 5.73 Å². The van der Waals surface area contributed by atoms with Gasteiger partial charge in [0.15, 0.2) is 0 Å². The summed E-state index contributed by atoms with van der Waals surface area (Å²) in [5.41, 5.74) is 5.33. The van der Waals surface area contributed by atoms with Crippen LogP contribution in [0, 0.1) is 0 Å². The van der Waals surface area contributed by atoms with E-state index in [0.29, 0.717) is 0 Å². The molecular formula is C6H13NO2. The maximum absolute atomic E-state index is 8.88. The van der Waals surface area contributed by atoms with E-state index in [1.807, 2.05) is 0 Å². The molecule has 0 aromatic rings. The lowest BCUT2D eigenvalue weighted by molar-refractivity contribution is 0.182. The van der Waals surface area contributed by atoms with Crippen molar-refractivity contribution < 1.29 is 9.84 Å². The fourth-order valence-electron chi connectivity index (χ4n) is 0.499. The Morgan fingerprint density at radius 1 is 1.89 bits per heavy atom. The molecule has 0 radical (unpaired) electrons. The first-order valence-corrected chi connectivity index (χ1v) is 2.81. The SMILES string of the molecule is COC/C(O)=C\[C@H](C)N. The summed E-state index contributed by atoms with van der Waals surface area (Å²) in [4.78, 5) is 0. The van der Waals surface area contributed by atoms with Gasteiger partial charge in [0.2, 0.25) is 0 Å². The number of aliphatic hydroxyl groups is 1. The van der Waals surface area contributed by atoms with Crippen LogP contribution in [0.3, 0.4) is 0 Å². The summed E-state index contributed by atoms with van der Waals surface area (Å²) in [5.74, 6) is 0.188. The van der Waals surface area contributed by atoms with Crippen LogP contribution in [0.4, 0.5) is 0 Å². The van der Waals surface area contributed by atoms with Crippen LogP contribution in [0.15, 0.2) is 11.8 Å². The third-order valence-electron chi connectivity index (χ3n) is 0.747. The zero-order valence-corrected chi connectivity index (χ0v) is 5.79. The standard InChI is InChI=1S/C6H13NO2/c1-5(7)3-6(8)4-9-2/h3,5,8H,4,7H2,1-2H3/b6-3+/t5-/m0/s1. The Labute approximate surface area is 55.1 Å². The molecule has 9 heavy (non-hydrogen) atoms. The summed E-state index contributed by atoms with van der Waals surface area (Å²) in [6.45, 7) is 2.02. The van der Waals surface area contributed by atoms with E-state index in [0.717, 1.165) is 0 Å². The predicted octanol–water partition coefficient (Wildman–Crippen LogP) is 0.422. The average Bonchev–Trinajstić information content (AvgIpc) is 1.63. The van der Waals surface area contributed by atoms with Crippen LogP contribution in [-0.2, 0) is 4.74 Å². The van der Waals surface area contributed by atoms with Crippen LogP contribution >= 0.6 is 0 Å². The highest BCUT2D eigenvalue weighted by molar-refractivity contribution is 4.95. The summed E-state index contributed by atoms with van der Waals surface area (Å²) >= 11 is 0. The molecular weight excluding hydrogens is 118 g/mol. The molecule has 0 heterocycles. The molecule has 1 atom stereocenters. The second-order valence-corrected chi connectivity index (χ2v) is 1.95. The summed E-state index contributed by atoms with van der Waals surface area (Å²) in [7, 11) is 1.52. The van der Waals surface area contributed by atoms with Crippen molar-refractivity contribution in [2.75, 3.05) is 13.7 Å². The highest BCUT2D eigenvalue weighted by atomic mass is 16.5. The van der Waals surface area contributed by atoms with Gasteiger partial charge in [0.1, 0.15) is 12.4 Å². The number of ether oxygens (including phenoxy) is 1. The van der Waals surface area contributed by atoms with Gasteiger partial charge in [-0.3, -0.25) is 0 Å². The first-order valence-electron chi connectivity index (χ1n) is 2.81. The third-order valence-corrected chi connectivity index (χ3v) is 0.747. The first-order chi connectivity index (χ1) is 4.16. The number of nitrogens with two attached hydrogens (primary N) is 1. The molecule has 0 saturated heterocycles. The number of methoxy groups -OCH3 is 1. The van der Waals surface area contributed by atoms with E-state index in [9.17, 15) is 0 Å². The quantitative estimate of drug-likeness (QED) is 0.546. The molecule has 0 fully saturated rings. The molecule has 0 amide bonds. The van der Waals surface area contributed by atoms with E-state index in [2.05, 4.69) is 4.74 Å². The maximum atomic E-state index is 8.88. The Balaban J connectivity index is 3.55. The number of hydrogen-bond donors (Lipinski definition) is 2. The van der Waals surface area contributed by atoms with Gasteiger partial charge < -0.3 is 15.6 Å². The number of hydrogen-bond acceptors (Lipinski definition) is 3. The van der Waals surface area contributed by atoms with Gasteiger partial charge in [0, 0.05) is 13.2 Å². The topological polar surface area (TPSA) is 55.5 Å². The van der Waals surface area contributed by atoms with Gasteiger partial charge in [-0.2, -0.15) is 0 Å². The van der Waals surface area contributed by atoms with E-state index < -0.39 is 0 Å². The Bertz CT molecular complexity index is 99.2. The van der Waals surface area contributed by atoms with E-state index in [-0.39, 0.29) is 18.4 Å². The van der Waals surface area contributed by atoms with Crippen molar-refractivity contribution in [1.82, 2.24) is 0 Å². The van der Waals surface area contributed by atoms with Gasteiger partial charge in [-0.15, -0.1) is 0 Å². The van der Waals surface area contributed by atoms with Crippen molar-refractivity contribution in [3.05, 3.63) is 11.8 Å². The summed E-state index contributed by atoms with van der Waals surface area (Å²) in [6.07, 6.45) is 1.55. The molecule has 0 aliphatic heterocycles. The smallest absolute Gasteiger partial charge is 0.115 e. The summed E-state index contributed by atoms with van der Waals surface area (Å²) in [6, 6.07) is -0.111. The fraction of sp³-hybridized carbons (Fsp3) is 0.667. The fourth-order valence-corrected chi connectivity index (χ4v) is 0.499. The minimum atomic E-state index is -0.111. The molecule has 3 N–H and O–H groups in total. The minimum Gasteiger partial charge on any atom is -0.510 e. The molecule has 0 bridgehead atoms. The second-order valence-electron chi connectivity index (χ2n) is 1.95. The summed E-state index contributed by atoms with van der Waals surface area (Å²) < 4.78 is 4.63. The molecule has 0 aromatic carbocycles. The molecule has 54 valence electrons. The molecule has 0 aromatic heterocycles. The zero-order chi connectivity index (χ0) is 7.28. The van der Waals surface area contributed by atoms with Crippen LogP contribution in [0.1, 0.15) is 6.92 Å². The van der Waals surface area contributed by atoms with E-state index in [1.54, 1.807) is 13.0 Å². The van der Waals surface area contributed by atoms with Crippen molar-refractivity contribution in [3.8, 4) is 0 Å². The number of aliphatic hydroxyl groups excluding tert-OH is 1. The minimum absolute atomic E-state index is 0.111. The Morgan fingerprint density at radius 2 is 2.44 bits per heavy atom. The molecule has 0 saturated carbocycles. The largest absolute Gasteiger partial charge is 0.510 e. The second kappa shape index (κ2) is 4.35. The van der Waals surface area contributed by atoms with Gasteiger partial charge in [-0.05, 0) is 13.0 Å². The van der Waals surface area contributed by atoms with Gasteiger partial charge in [0.25, 0.3) is 0 Å². The monoisotopic (exact) mass is 131 g/mol. The first kappa shape index (κ1) is 8.46. The highest BCUT2D eigenvalue weighted by Crippen LogP contribution is 1.89. The molecule has 0 aliphatic carbocycles. The lowest BCUT2D eigenvalue weighted by Gasteiger charge is -1.99. The number of rotatable bonds is 3. The van der Waals surface area contributed by atoms with Crippen molar-refractivity contribution in [3.63, 3.8) is 0 Å². The highest BCUT2D eigenvalue weighted by Gasteiger charge is 1.92. The van der Waals surface area contributed by atoms with Crippen LogP contribution in [-0.4, -0.2) is 24.9 Å². The van der Waals surface area contributed by atoms with Crippen molar-refractivity contribution in [2.24, 2.45) is 5.73 Å². The normalized spacial score (nSPS) is 15.7. The Hall–Kier alpha value is -0.540. The predicted molar refractivity (Wildman–Crippen MR) is 36.2 cm³/mol. The average molecular weight is 131 g/mol. The Kier molecular flexibility index (Phi) is 4.09.